The van der Waals surface area contributed by atoms with Gasteiger partial charge in [-0.3, -0.25) is 0 Å². The third-order valence-electron chi connectivity index (χ3n) is 5.23. The number of hydrogen-bond acceptors (Lipinski definition) is 7. The Labute approximate surface area is 190 Å². The zero-order chi connectivity index (χ0) is 23.6. The number of morpholine rings is 1. The second-order valence-corrected chi connectivity index (χ2v) is 12.7. The Morgan fingerprint density at radius 2 is 1.47 bits per heavy atom. The predicted molar refractivity (Wildman–Crippen MR) is 117 cm³/mol. The lowest BCUT2D eigenvalue weighted by atomic mass is 10.1. The summed E-state index contributed by atoms with van der Waals surface area (Å²) < 4.78 is 65.2. The molecule has 0 radical (unpaired) electrons. The molecule has 3 rings (SSSR count). The molecule has 0 aliphatic carbocycles. The molecule has 2 saturated heterocycles. The highest BCUT2D eigenvalue weighted by molar-refractivity contribution is 7.90. The van der Waals surface area contributed by atoms with Crippen molar-refractivity contribution in [3.8, 4) is 0 Å². The van der Waals surface area contributed by atoms with Crippen LogP contribution in [0.1, 0.15) is 33.6 Å². The molecular formula is C20H31N3O7S2. The molecule has 0 spiro atoms. The van der Waals surface area contributed by atoms with E-state index >= 15 is 0 Å². The van der Waals surface area contributed by atoms with Crippen molar-refractivity contribution in [2.75, 3.05) is 39.4 Å². The minimum atomic E-state index is -3.87. The van der Waals surface area contributed by atoms with Crippen LogP contribution in [0.4, 0.5) is 4.79 Å². The van der Waals surface area contributed by atoms with Gasteiger partial charge in [0.25, 0.3) is 0 Å². The second kappa shape index (κ2) is 9.64. The van der Waals surface area contributed by atoms with Crippen LogP contribution >= 0.6 is 0 Å². The first kappa shape index (κ1) is 24.9. The molecule has 2 fully saturated rings. The molecular weight excluding hydrogens is 458 g/mol. The highest BCUT2D eigenvalue weighted by Gasteiger charge is 2.32. The van der Waals surface area contributed by atoms with Gasteiger partial charge in [0, 0.05) is 32.2 Å². The van der Waals surface area contributed by atoms with Gasteiger partial charge < -0.3 is 14.8 Å². The Balaban J connectivity index is 1.67. The van der Waals surface area contributed by atoms with Crippen LogP contribution in [0, 0.1) is 0 Å². The molecule has 0 saturated carbocycles. The van der Waals surface area contributed by atoms with E-state index < -0.39 is 31.7 Å². The molecule has 10 nitrogen and oxygen atoms in total. The van der Waals surface area contributed by atoms with Crippen molar-refractivity contribution in [3.63, 3.8) is 0 Å². The molecule has 12 heteroatoms. The summed E-state index contributed by atoms with van der Waals surface area (Å²) in [4.78, 5) is 11.8. The Hall–Kier alpha value is -1.73. The Kier molecular flexibility index (Phi) is 7.50. The van der Waals surface area contributed by atoms with Crippen molar-refractivity contribution < 1.29 is 31.1 Å². The van der Waals surface area contributed by atoms with Crippen LogP contribution in [-0.4, -0.2) is 82.6 Å². The zero-order valence-electron chi connectivity index (χ0n) is 18.6. The van der Waals surface area contributed by atoms with Crippen LogP contribution in [0.25, 0.3) is 0 Å². The fourth-order valence-corrected chi connectivity index (χ4v) is 6.64. The average molecular weight is 490 g/mol. The normalized spacial score (nSPS) is 20.1. The number of rotatable bonds is 5. The van der Waals surface area contributed by atoms with E-state index in [0.29, 0.717) is 26.1 Å². The van der Waals surface area contributed by atoms with Gasteiger partial charge in [0.1, 0.15) is 5.60 Å². The van der Waals surface area contributed by atoms with E-state index in [1.807, 2.05) is 0 Å². The van der Waals surface area contributed by atoms with E-state index in [1.165, 1.54) is 32.9 Å². The fraction of sp³-hybridized carbons (Fsp3) is 0.650. The number of hydrogen-bond donors (Lipinski definition) is 1. The number of nitrogens with one attached hydrogen (secondary N) is 1. The van der Waals surface area contributed by atoms with E-state index in [-0.39, 0.29) is 42.0 Å². The SMILES string of the molecule is CC(C)(C)OC(=O)NC1CCN(S(=O)(=O)c2cccc(S(=O)(=O)N3CCOCC3)c2)CC1. The predicted octanol–water partition coefficient (Wildman–Crippen LogP) is 1.39. The number of ether oxygens (including phenoxy) is 2. The maximum absolute atomic E-state index is 13.1. The number of carbonyl (C=O) groups excluding carboxylic acids is 1. The van der Waals surface area contributed by atoms with Gasteiger partial charge in [-0.15, -0.1) is 0 Å². The van der Waals surface area contributed by atoms with E-state index in [4.69, 9.17) is 9.47 Å². The summed E-state index contributed by atoms with van der Waals surface area (Å²) in [5, 5.41) is 2.77. The van der Waals surface area contributed by atoms with Crippen molar-refractivity contribution in [2.24, 2.45) is 0 Å². The highest BCUT2D eigenvalue weighted by Crippen LogP contribution is 2.25. The topological polar surface area (TPSA) is 122 Å². The molecule has 1 N–H and O–H groups in total. The highest BCUT2D eigenvalue weighted by atomic mass is 32.2. The summed E-state index contributed by atoms with van der Waals surface area (Å²) in [5.41, 5.74) is -0.610. The molecule has 0 aromatic heterocycles. The van der Waals surface area contributed by atoms with Crippen LogP contribution in [-0.2, 0) is 29.5 Å². The monoisotopic (exact) mass is 489 g/mol. The number of sulfonamides is 2. The smallest absolute Gasteiger partial charge is 0.407 e. The number of amides is 1. The quantitative estimate of drug-likeness (QED) is 0.663. The van der Waals surface area contributed by atoms with Gasteiger partial charge in [-0.1, -0.05) is 6.07 Å². The van der Waals surface area contributed by atoms with Crippen molar-refractivity contribution in [3.05, 3.63) is 24.3 Å². The van der Waals surface area contributed by atoms with Crippen molar-refractivity contribution in [2.45, 2.75) is 55.0 Å². The van der Waals surface area contributed by atoms with Gasteiger partial charge in [0.2, 0.25) is 20.0 Å². The van der Waals surface area contributed by atoms with Crippen LogP contribution in [0.3, 0.4) is 0 Å². The number of benzene rings is 1. The number of nitrogens with zero attached hydrogens (tertiary/aromatic N) is 2. The molecule has 1 aromatic carbocycles. The van der Waals surface area contributed by atoms with Gasteiger partial charge in [-0.2, -0.15) is 8.61 Å². The van der Waals surface area contributed by atoms with E-state index in [0.717, 1.165) is 0 Å². The molecule has 32 heavy (non-hydrogen) atoms. The summed E-state index contributed by atoms with van der Waals surface area (Å²) in [6.45, 7) is 6.83. The standard InChI is InChI=1S/C20H31N3O7S2/c1-20(2,3)30-19(24)21-16-7-9-22(10-8-16)31(25,26)17-5-4-6-18(15-17)32(27,28)23-11-13-29-14-12-23/h4-6,15-16H,7-14H2,1-3H3,(H,21,24). The van der Waals surface area contributed by atoms with Crippen molar-refractivity contribution in [1.82, 2.24) is 13.9 Å². The second-order valence-electron chi connectivity index (χ2n) is 8.82. The van der Waals surface area contributed by atoms with Gasteiger partial charge in [-0.05, 0) is 51.8 Å². The van der Waals surface area contributed by atoms with Gasteiger partial charge in [-0.25, -0.2) is 21.6 Å². The zero-order valence-corrected chi connectivity index (χ0v) is 20.2. The van der Waals surface area contributed by atoms with Crippen molar-refractivity contribution in [1.29, 1.82) is 0 Å². The van der Waals surface area contributed by atoms with E-state index in [1.54, 1.807) is 20.8 Å². The third kappa shape index (κ3) is 5.98. The van der Waals surface area contributed by atoms with Gasteiger partial charge >= 0.3 is 6.09 Å². The number of piperidine rings is 1. The van der Waals surface area contributed by atoms with Crippen LogP contribution in [0.15, 0.2) is 34.1 Å². The van der Waals surface area contributed by atoms with Gasteiger partial charge in [0.05, 0.1) is 23.0 Å². The minimum absolute atomic E-state index is 0.0537. The lowest BCUT2D eigenvalue weighted by Gasteiger charge is -2.32. The van der Waals surface area contributed by atoms with Crippen LogP contribution in [0.2, 0.25) is 0 Å². The summed E-state index contributed by atoms with van der Waals surface area (Å²) in [6.07, 6.45) is 0.342. The average Bonchev–Trinajstić information content (AvgIpc) is 2.73. The molecule has 0 unspecified atom stereocenters. The first-order chi connectivity index (χ1) is 14.9. The van der Waals surface area contributed by atoms with Crippen molar-refractivity contribution >= 4 is 26.1 Å². The summed E-state index contributed by atoms with van der Waals surface area (Å²) >= 11 is 0. The maximum atomic E-state index is 13.1. The largest absolute Gasteiger partial charge is 0.444 e. The summed E-state index contributed by atoms with van der Waals surface area (Å²) in [6, 6.07) is 5.27. The first-order valence-electron chi connectivity index (χ1n) is 10.6. The summed E-state index contributed by atoms with van der Waals surface area (Å²) in [7, 11) is -7.68. The van der Waals surface area contributed by atoms with Crippen LogP contribution < -0.4 is 5.32 Å². The van der Waals surface area contributed by atoms with Crippen LogP contribution in [0.5, 0.6) is 0 Å². The summed E-state index contributed by atoms with van der Waals surface area (Å²) in [5.74, 6) is 0. The molecule has 2 aliphatic heterocycles. The molecule has 1 amide bonds. The molecule has 0 bridgehead atoms. The molecule has 1 aromatic rings. The maximum Gasteiger partial charge on any atom is 0.407 e. The fourth-order valence-electron chi connectivity index (χ4n) is 3.59. The lowest BCUT2D eigenvalue weighted by Crippen LogP contribution is -2.47. The molecule has 2 aliphatic rings. The first-order valence-corrected chi connectivity index (χ1v) is 13.5. The van der Waals surface area contributed by atoms with Gasteiger partial charge in [0.15, 0.2) is 0 Å². The Bertz CT molecular complexity index is 1020. The Morgan fingerprint density at radius 3 is 1.97 bits per heavy atom. The van der Waals surface area contributed by atoms with E-state index in [9.17, 15) is 21.6 Å². The third-order valence-corrected chi connectivity index (χ3v) is 9.02. The lowest BCUT2D eigenvalue weighted by molar-refractivity contribution is 0.0489. The number of alkyl carbamates (subject to hydrolysis) is 1. The molecule has 2 heterocycles. The Morgan fingerprint density at radius 1 is 0.969 bits per heavy atom. The van der Waals surface area contributed by atoms with E-state index in [2.05, 4.69) is 5.32 Å². The molecule has 0 atom stereocenters. The number of carbonyl (C=O) groups is 1. The minimum Gasteiger partial charge on any atom is -0.444 e. The molecule has 180 valence electrons.